The quantitative estimate of drug-likeness (QED) is 0.269. The molecule has 5 aromatic rings. The van der Waals surface area contributed by atoms with Crippen LogP contribution in [0.15, 0.2) is 113 Å². The van der Waals surface area contributed by atoms with Crippen LogP contribution in [0.25, 0.3) is 44.2 Å². The van der Waals surface area contributed by atoms with Crippen LogP contribution in [0.1, 0.15) is 0 Å². The van der Waals surface area contributed by atoms with Crippen LogP contribution in [0.2, 0.25) is 0 Å². The smallest absolute Gasteiger partial charge is 0.119 e. The van der Waals surface area contributed by atoms with Crippen LogP contribution < -0.4 is 4.74 Å². The number of hydrogen-bond donors (Lipinski definition) is 0. The third kappa shape index (κ3) is 3.02. The molecule has 1 heterocycles. The molecule has 0 spiro atoms. The van der Waals surface area contributed by atoms with Gasteiger partial charge in [0.15, 0.2) is 0 Å². The minimum atomic E-state index is -1.10. The lowest BCUT2D eigenvalue weighted by Crippen LogP contribution is -1.95. The van der Waals surface area contributed by atoms with E-state index in [0.717, 1.165) is 5.75 Å². The molecule has 6 rings (SSSR count). The first kappa shape index (κ1) is 20.1. The van der Waals surface area contributed by atoms with E-state index in [-0.39, 0.29) is 0 Å². The Morgan fingerprint density at radius 3 is 2.03 bits per heavy atom. The average Bonchev–Trinajstić information content (AvgIpc) is 3.10. The Bertz CT molecular complexity index is 1520. The van der Waals surface area contributed by atoms with Gasteiger partial charge in [0.1, 0.15) is 5.75 Å². The fraction of sp³-hybridized carbons (Fsp3) is 0.0968. The molecule has 0 bridgehead atoms. The molecule has 2 heteroatoms. The molecule has 5 aromatic carbocycles. The maximum Gasteiger partial charge on any atom is 0.119 e. The van der Waals surface area contributed by atoms with Gasteiger partial charge in [-0.1, -0.05) is 78.9 Å². The molecule has 1 aliphatic rings. The fourth-order valence-electron chi connectivity index (χ4n) is 5.23. The van der Waals surface area contributed by atoms with Crippen LogP contribution in [0.3, 0.4) is 0 Å². The number of rotatable bonds is 3. The molecule has 33 heavy (non-hydrogen) atoms. The summed E-state index contributed by atoms with van der Waals surface area (Å²) < 4.78 is 5.61. The Labute approximate surface area is 197 Å². The monoisotopic (exact) mass is 446 g/mol. The summed E-state index contributed by atoms with van der Waals surface area (Å²) in [5.74, 6) is 0.876. The molecule has 1 aliphatic heterocycles. The minimum Gasteiger partial charge on any atom is -0.497 e. The normalized spacial score (nSPS) is 14.5. The highest BCUT2D eigenvalue weighted by atomic mass is 32.3. The SMILES string of the molecule is COc1ccc(-c2cc3c(c4ccccc24)-c2ccccc2S3(C)C)c(-c2ccccc2)c1. The predicted molar refractivity (Wildman–Crippen MR) is 143 cm³/mol. The van der Waals surface area contributed by atoms with Crippen molar-refractivity contribution in [1.82, 2.24) is 0 Å². The second-order valence-corrected chi connectivity index (χ2v) is 12.5. The van der Waals surface area contributed by atoms with Gasteiger partial charge in [-0.25, -0.2) is 0 Å². The molecular weight excluding hydrogens is 420 g/mol. The largest absolute Gasteiger partial charge is 0.497 e. The van der Waals surface area contributed by atoms with Gasteiger partial charge in [0.2, 0.25) is 0 Å². The Morgan fingerprint density at radius 2 is 1.24 bits per heavy atom. The van der Waals surface area contributed by atoms with E-state index < -0.39 is 10.0 Å². The van der Waals surface area contributed by atoms with E-state index in [4.69, 9.17) is 4.74 Å². The lowest BCUT2D eigenvalue weighted by atomic mass is 9.88. The van der Waals surface area contributed by atoms with Crippen LogP contribution >= 0.6 is 10.0 Å². The minimum absolute atomic E-state index is 0.876. The first-order chi connectivity index (χ1) is 16.1. The zero-order chi connectivity index (χ0) is 22.6. The maximum atomic E-state index is 5.61. The molecule has 0 fully saturated rings. The summed E-state index contributed by atoms with van der Waals surface area (Å²) in [5, 5.41) is 2.64. The van der Waals surface area contributed by atoms with Crippen molar-refractivity contribution in [2.45, 2.75) is 9.79 Å². The first-order valence-electron chi connectivity index (χ1n) is 11.2. The van der Waals surface area contributed by atoms with E-state index in [2.05, 4.69) is 116 Å². The predicted octanol–water partition coefficient (Wildman–Crippen LogP) is 8.65. The number of methoxy groups -OCH3 is 1. The lowest BCUT2D eigenvalue weighted by Gasteiger charge is -2.29. The van der Waals surface area contributed by atoms with Crippen molar-refractivity contribution in [3.63, 3.8) is 0 Å². The van der Waals surface area contributed by atoms with E-state index >= 15 is 0 Å². The first-order valence-corrected chi connectivity index (χ1v) is 13.7. The summed E-state index contributed by atoms with van der Waals surface area (Å²) in [6, 6.07) is 37.4. The van der Waals surface area contributed by atoms with Gasteiger partial charge in [-0.05, 0) is 75.4 Å². The fourth-order valence-corrected chi connectivity index (χ4v) is 7.75. The van der Waals surface area contributed by atoms with E-state index in [9.17, 15) is 0 Å². The Hall–Kier alpha value is -3.49. The molecule has 162 valence electrons. The van der Waals surface area contributed by atoms with Crippen LogP contribution in [0.4, 0.5) is 0 Å². The molecular formula is C31H26OS. The Kier molecular flexibility index (Phi) is 4.60. The zero-order valence-electron chi connectivity index (χ0n) is 19.1. The molecule has 0 saturated heterocycles. The van der Waals surface area contributed by atoms with Crippen molar-refractivity contribution < 1.29 is 4.74 Å². The van der Waals surface area contributed by atoms with Gasteiger partial charge in [0, 0.05) is 15.4 Å². The van der Waals surface area contributed by atoms with E-state index in [1.165, 1.54) is 53.9 Å². The molecule has 0 aromatic heterocycles. The van der Waals surface area contributed by atoms with Crippen LogP contribution in [-0.4, -0.2) is 19.6 Å². The van der Waals surface area contributed by atoms with Gasteiger partial charge < -0.3 is 4.74 Å². The lowest BCUT2D eigenvalue weighted by molar-refractivity contribution is 0.415. The van der Waals surface area contributed by atoms with Gasteiger partial charge in [0.05, 0.1) is 7.11 Å². The molecule has 0 aliphatic carbocycles. The summed E-state index contributed by atoms with van der Waals surface area (Å²) >= 11 is 0. The van der Waals surface area contributed by atoms with Crippen molar-refractivity contribution in [2.75, 3.05) is 19.6 Å². The van der Waals surface area contributed by atoms with E-state index in [1.54, 1.807) is 7.11 Å². The van der Waals surface area contributed by atoms with Gasteiger partial charge in [0.25, 0.3) is 0 Å². The topological polar surface area (TPSA) is 9.23 Å². The second-order valence-electron chi connectivity index (χ2n) is 8.94. The van der Waals surface area contributed by atoms with Crippen LogP contribution in [0.5, 0.6) is 5.75 Å². The van der Waals surface area contributed by atoms with E-state index in [0.29, 0.717) is 0 Å². The molecule has 0 atom stereocenters. The third-order valence-electron chi connectivity index (χ3n) is 6.87. The third-order valence-corrected chi connectivity index (χ3v) is 9.74. The van der Waals surface area contributed by atoms with Gasteiger partial charge in [-0.15, -0.1) is 0 Å². The van der Waals surface area contributed by atoms with Crippen molar-refractivity contribution in [3.8, 4) is 39.1 Å². The number of hydrogen-bond acceptors (Lipinski definition) is 1. The Morgan fingerprint density at radius 1 is 0.545 bits per heavy atom. The molecule has 0 saturated carbocycles. The number of fused-ring (bicyclic) bond motifs is 5. The second kappa shape index (κ2) is 7.54. The van der Waals surface area contributed by atoms with Crippen LogP contribution in [0, 0.1) is 0 Å². The summed E-state index contributed by atoms with van der Waals surface area (Å²) in [6.07, 6.45) is 4.87. The summed E-state index contributed by atoms with van der Waals surface area (Å²) in [7, 11) is 0.632. The molecule has 0 amide bonds. The van der Waals surface area contributed by atoms with Crippen molar-refractivity contribution in [1.29, 1.82) is 0 Å². The highest BCUT2D eigenvalue weighted by Crippen LogP contribution is 2.69. The standard InChI is InChI=1S/C31H26OS/c1-32-22-17-18-24(27(19-22)21-11-5-4-6-12-21)28-20-30-31(25-14-8-7-13-23(25)28)26-15-9-10-16-29(26)33(30,2)3/h4-20H,1-3H3. The van der Waals surface area contributed by atoms with Crippen molar-refractivity contribution >= 4 is 20.8 Å². The molecule has 0 N–H and O–H groups in total. The summed E-state index contributed by atoms with van der Waals surface area (Å²) in [5.41, 5.74) is 7.74. The molecule has 0 radical (unpaired) electrons. The number of ether oxygens (including phenoxy) is 1. The van der Waals surface area contributed by atoms with E-state index in [1.807, 2.05) is 0 Å². The zero-order valence-corrected chi connectivity index (χ0v) is 19.9. The van der Waals surface area contributed by atoms with Gasteiger partial charge >= 0.3 is 0 Å². The highest BCUT2D eigenvalue weighted by molar-refractivity contribution is 8.33. The molecule has 1 nitrogen and oxygen atoms in total. The number of benzene rings is 5. The summed E-state index contributed by atoms with van der Waals surface area (Å²) in [4.78, 5) is 2.97. The van der Waals surface area contributed by atoms with Crippen molar-refractivity contribution in [2.24, 2.45) is 0 Å². The summed E-state index contributed by atoms with van der Waals surface area (Å²) in [6.45, 7) is 0. The average molecular weight is 447 g/mol. The molecule has 0 unspecified atom stereocenters. The Balaban J connectivity index is 1.71. The van der Waals surface area contributed by atoms with Crippen LogP contribution in [-0.2, 0) is 0 Å². The maximum absolute atomic E-state index is 5.61. The van der Waals surface area contributed by atoms with Gasteiger partial charge in [-0.3, -0.25) is 0 Å². The highest BCUT2D eigenvalue weighted by Gasteiger charge is 2.33. The van der Waals surface area contributed by atoms with Crippen molar-refractivity contribution in [3.05, 3.63) is 103 Å². The van der Waals surface area contributed by atoms with Gasteiger partial charge in [-0.2, -0.15) is 10.0 Å².